The first-order valence-corrected chi connectivity index (χ1v) is 7.37. The molecule has 1 nitrogen and oxygen atoms in total. The van der Waals surface area contributed by atoms with E-state index >= 15 is 0 Å². The van der Waals surface area contributed by atoms with Gasteiger partial charge in [-0.3, -0.25) is 4.79 Å². The third-order valence-corrected chi connectivity index (χ3v) is 4.56. The number of hydrogen-bond donors (Lipinski definition) is 0. The van der Waals surface area contributed by atoms with Crippen LogP contribution in [0.3, 0.4) is 0 Å². The number of carbonyl (C=O) groups is 1. The average Bonchev–Trinajstić information content (AvgIpc) is 3.22. The SMILES string of the molecule is CC1(C)CCC(C=O)=C(c2ccc(C3CC3)cc2)C1. The van der Waals surface area contributed by atoms with Crippen molar-refractivity contribution in [1.29, 1.82) is 0 Å². The minimum absolute atomic E-state index is 0.316. The van der Waals surface area contributed by atoms with Crippen LogP contribution in [0.25, 0.3) is 5.57 Å². The van der Waals surface area contributed by atoms with E-state index in [0.29, 0.717) is 5.41 Å². The third kappa shape index (κ3) is 2.65. The van der Waals surface area contributed by atoms with E-state index in [4.69, 9.17) is 0 Å². The number of benzene rings is 1. The fourth-order valence-corrected chi connectivity index (χ4v) is 3.10. The fourth-order valence-electron chi connectivity index (χ4n) is 3.10. The van der Waals surface area contributed by atoms with Crippen LogP contribution in [0.5, 0.6) is 0 Å². The molecule has 1 aromatic rings. The molecule has 19 heavy (non-hydrogen) atoms. The van der Waals surface area contributed by atoms with Crippen LogP contribution in [0.15, 0.2) is 29.8 Å². The molecule has 0 radical (unpaired) electrons. The van der Waals surface area contributed by atoms with Crippen molar-refractivity contribution in [2.45, 2.75) is 51.9 Å². The van der Waals surface area contributed by atoms with Crippen LogP contribution in [0.4, 0.5) is 0 Å². The molecule has 0 spiro atoms. The molecule has 1 saturated carbocycles. The Hall–Kier alpha value is -1.37. The first-order valence-electron chi connectivity index (χ1n) is 7.37. The molecule has 0 unspecified atom stereocenters. The van der Waals surface area contributed by atoms with Crippen LogP contribution in [0, 0.1) is 5.41 Å². The van der Waals surface area contributed by atoms with Gasteiger partial charge in [-0.2, -0.15) is 0 Å². The Morgan fingerprint density at radius 3 is 2.42 bits per heavy atom. The fraction of sp³-hybridized carbons (Fsp3) is 0.500. The van der Waals surface area contributed by atoms with Crippen molar-refractivity contribution in [2.75, 3.05) is 0 Å². The molecule has 0 amide bonds. The highest BCUT2D eigenvalue weighted by atomic mass is 16.1. The number of aldehydes is 1. The van der Waals surface area contributed by atoms with E-state index in [1.54, 1.807) is 0 Å². The second-order valence-electron chi connectivity index (χ2n) is 6.86. The number of allylic oxidation sites excluding steroid dienone is 2. The van der Waals surface area contributed by atoms with Crippen LogP contribution in [-0.2, 0) is 4.79 Å². The van der Waals surface area contributed by atoms with Gasteiger partial charge in [0.15, 0.2) is 0 Å². The summed E-state index contributed by atoms with van der Waals surface area (Å²) in [6.07, 6.45) is 6.81. The summed E-state index contributed by atoms with van der Waals surface area (Å²) >= 11 is 0. The maximum atomic E-state index is 11.3. The van der Waals surface area contributed by atoms with Crippen LogP contribution in [0.1, 0.15) is 63.0 Å². The second kappa shape index (κ2) is 4.63. The van der Waals surface area contributed by atoms with Gasteiger partial charge in [0.05, 0.1) is 0 Å². The van der Waals surface area contributed by atoms with Gasteiger partial charge in [0.25, 0.3) is 0 Å². The van der Waals surface area contributed by atoms with Crippen molar-refractivity contribution in [3.05, 3.63) is 41.0 Å². The molecule has 0 atom stereocenters. The number of carbonyl (C=O) groups excluding carboxylic acids is 1. The van der Waals surface area contributed by atoms with Crippen LogP contribution in [-0.4, -0.2) is 6.29 Å². The highest BCUT2D eigenvalue weighted by Gasteiger charge is 2.28. The Morgan fingerprint density at radius 2 is 1.84 bits per heavy atom. The Bertz CT molecular complexity index is 515. The summed E-state index contributed by atoms with van der Waals surface area (Å²) in [5, 5.41) is 0. The van der Waals surface area contributed by atoms with E-state index in [0.717, 1.165) is 37.0 Å². The maximum Gasteiger partial charge on any atom is 0.146 e. The monoisotopic (exact) mass is 254 g/mol. The molecule has 0 aromatic heterocycles. The highest BCUT2D eigenvalue weighted by molar-refractivity contribution is 5.89. The molecule has 1 fully saturated rings. The van der Waals surface area contributed by atoms with Crippen LogP contribution >= 0.6 is 0 Å². The summed E-state index contributed by atoms with van der Waals surface area (Å²) in [7, 11) is 0. The largest absolute Gasteiger partial charge is 0.298 e. The minimum Gasteiger partial charge on any atom is -0.298 e. The topological polar surface area (TPSA) is 17.1 Å². The minimum atomic E-state index is 0.316. The molecule has 0 N–H and O–H groups in total. The van der Waals surface area contributed by atoms with Gasteiger partial charge in [0.2, 0.25) is 0 Å². The van der Waals surface area contributed by atoms with Crippen molar-refractivity contribution >= 4 is 11.9 Å². The lowest BCUT2D eigenvalue weighted by Crippen LogP contribution is -2.18. The predicted molar refractivity (Wildman–Crippen MR) is 79.0 cm³/mol. The highest BCUT2D eigenvalue weighted by Crippen LogP contribution is 2.44. The Labute approximate surface area is 115 Å². The lowest BCUT2D eigenvalue weighted by atomic mass is 9.73. The van der Waals surface area contributed by atoms with Crippen molar-refractivity contribution < 1.29 is 4.79 Å². The van der Waals surface area contributed by atoms with E-state index in [9.17, 15) is 4.79 Å². The van der Waals surface area contributed by atoms with E-state index in [1.807, 2.05) is 0 Å². The summed E-state index contributed by atoms with van der Waals surface area (Å²) < 4.78 is 0. The van der Waals surface area contributed by atoms with Crippen LogP contribution < -0.4 is 0 Å². The first-order chi connectivity index (χ1) is 9.09. The average molecular weight is 254 g/mol. The maximum absolute atomic E-state index is 11.3. The third-order valence-electron chi connectivity index (χ3n) is 4.56. The zero-order chi connectivity index (χ0) is 13.5. The first kappa shape index (κ1) is 12.7. The van der Waals surface area contributed by atoms with Gasteiger partial charge in [-0.15, -0.1) is 0 Å². The van der Waals surface area contributed by atoms with Crippen molar-refractivity contribution in [1.82, 2.24) is 0 Å². The molecule has 1 aromatic carbocycles. The predicted octanol–water partition coefficient (Wildman–Crippen LogP) is 4.73. The summed E-state index contributed by atoms with van der Waals surface area (Å²) in [5.41, 5.74) is 5.32. The normalized spacial score (nSPS) is 22.4. The molecule has 2 aliphatic carbocycles. The van der Waals surface area contributed by atoms with E-state index in [-0.39, 0.29) is 0 Å². The van der Waals surface area contributed by atoms with E-state index in [1.165, 1.54) is 29.5 Å². The summed E-state index contributed by atoms with van der Waals surface area (Å²) in [5.74, 6) is 0.802. The zero-order valence-corrected chi connectivity index (χ0v) is 11.9. The lowest BCUT2D eigenvalue weighted by Gasteiger charge is -2.32. The molecule has 0 bridgehead atoms. The molecule has 2 aliphatic rings. The van der Waals surface area contributed by atoms with Gasteiger partial charge in [0, 0.05) is 0 Å². The van der Waals surface area contributed by atoms with E-state index in [2.05, 4.69) is 38.1 Å². The van der Waals surface area contributed by atoms with Crippen molar-refractivity contribution in [3.63, 3.8) is 0 Å². The smallest absolute Gasteiger partial charge is 0.146 e. The molecule has 0 aliphatic heterocycles. The zero-order valence-electron chi connectivity index (χ0n) is 11.9. The number of rotatable bonds is 3. The molecular weight excluding hydrogens is 232 g/mol. The van der Waals surface area contributed by atoms with Crippen molar-refractivity contribution in [2.24, 2.45) is 5.41 Å². The summed E-state index contributed by atoms with van der Waals surface area (Å²) in [4.78, 5) is 11.3. The van der Waals surface area contributed by atoms with Crippen molar-refractivity contribution in [3.8, 4) is 0 Å². The standard InChI is InChI=1S/C18H22O/c1-18(2)10-9-16(12-19)17(11-18)15-7-5-14(6-8-15)13-3-4-13/h5-8,12-13H,3-4,9-11H2,1-2H3. The molecule has 100 valence electrons. The van der Waals surface area contributed by atoms with Gasteiger partial charge in [-0.1, -0.05) is 38.1 Å². The Kier molecular flexibility index (Phi) is 3.08. The Morgan fingerprint density at radius 1 is 1.16 bits per heavy atom. The quantitative estimate of drug-likeness (QED) is 0.713. The molecular formula is C18H22O. The molecule has 0 heterocycles. The van der Waals surface area contributed by atoms with Gasteiger partial charge in [0.1, 0.15) is 6.29 Å². The molecule has 1 heteroatoms. The van der Waals surface area contributed by atoms with Gasteiger partial charge in [-0.05, 0) is 65.7 Å². The van der Waals surface area contributed by atoms with Gasteiger partial charge in [-0.25, -0.2) is 0 Å². The second-order valence-corrected chi connectivity index (χ2v) is 6.86. The summed E-state index contributed by atoms with van der Waals surface area (Å²) in [6.45, 7) is 4.60. The number of hydrogen-bond acceptors (Lipinski definition) is 1. The van der Waals surface area contributed by atoms with Gasteiger partial charge >= 0.3 is 0 Å². The van der Waals surface area contributed by atoms with E-state index < -0.39 is 0 Å². The van der Waals surface area contributed by atoms with Crippen LogP contribution in [0.2, 0.25) is 0 Å². The molecule has 0 saturated heterocycles. The lowest BCUT2D eigenvalue weighted by molar-refractivity contribution is -0.105. The molecule has 3 rings (SSSR count). The van der Waals surface area contributed by atoms with Gasteiger partial charge < -0.3 is 0 Å². The Balaban J connectivity index is 1.93. The summed E-state index contributed by atoms with van der Waals surface area (Å²) in [6, 6.07) is 8.94.